The number of carbonyl (C=O) groups excluding carboxylic acids is 3. The van der Waals surface area contributed by atoms with Gasteiger partial charge in [0.25, 0.3) is 11.8 Å². The van der Waals surface area contributed by atoms with E-state index in [1.54, 1.807) is 6.08 Å². The van der Waals surface area contributed by atoms with Crippen molar-refractivity contribution in [3.63, 3.8) is 0 Å². The second kappa shape index (κ2) is 7.57. The molecule has 1 N–H and O–H groups in total. The third kappa shape index (κ3) is 3.29. The Balaban J connectivity index is 1.66. The van der Waals surface area contributed by atoms with E-state index in [0.29, 0.717) is 6.04 Å². The van der Waals surface area contributed by atoms with Crippen molar-refractivity contribution in [2.45, 2.75) is 83.7 Å². The molecule has 2 heterocycles. The maximum atomic E-state index is 13.1. The summed E-state index contributed by atoms with van der Waals surface area (Å²) in [6.45, 7) is 4.13. The minimum absolute atomic E-state index is 0.0665. The normalized spacial score (nSPS) is 23.7. The van der Waals surface area contributed by atoms with Crippen molar-refractivity contribution in [2.75, 3.05) is 0 Å². The van der Waals surface area contributed by atoms with Gasteiger partial charge in [0.15, 0.2) is 0 Å². The first kappa shape index (κ1) is 19.0. The van der Waals surface area contributed by atoms with Gasteiger partial charge < -0.3 is 4.57 Å². The third-order valence-electron chi connectivity index (χ3n) is 6.59. The zero-order valence-corrected chi connectivity index (χ0v) is 16.8. The molecule has 1 aromatic heterocycles. The average Bonchev–Trinajstić information content (AvgIpc) is 3.27. The monoisotopic (exact) mass is 383 g/mol. The van der Waals surface area contributed by atoms with Crippen LogP contribution in [-0.4, -0.2) is 33.4 Å². The fourth-order valence-corrected chi connectivity index (χ4v) is 5.17. The molecule has 2 saturated carbocycles. The molecule has 6 heteroatoms. The average molecular weight is 383 g/mol. The molecule has 3 fully saturated rings. The van der Waals surface area contributed by atoms with Gasteiger partial charge in [0.2, 0.25) is 0 Å². The summed E-state index contributed by atoms with van der Waals surface area (Å²) in [4.78, 5) is 39.2. The molecule has 0 aromatic carbocycles. The standard InChI is InChI=1S/C22H29N3O3/c1-14-12-16(15(2)24(14)17-10-6-7-11-17)13-19-20(26)23-22(28)25(21(19)27)18-8-4-3-5-9-18/h12-13,17-18H,3-11H2,1-2H3,(H,23,26,28)/b19-13-. The van der Waals surface area contributed by atoms with Gasteiger partial charge in [0.05, 0.1) is 0 Å². The van der Waals surface area contributed by atoms with Gasteiger partial charge in [-0.15, -0.1) is 0 Å². The van der Waals surface area contributed by atoms with Crippen LogP contribution in [0.4, 0.5) is 4.79 Å². The van der Waals surface area contributed by atoms with Crippen LogP contribution in [0.1, 0.15) is 80.8 Å². The van der Waals surface area contributed by atoms with E-state index in [1.807, 2.05) is 13.0 Å². The van der Waals surface area contributed by atoms with Crippen LogP contribution in [0.25, 0.3) is 6.08 Å². The second-order valence-corrected chi connectivity index (χ2v) is 8.42. The van der Waals surface area contributed by atoms with Crippen LogP contribution in [0.2, 0.25) is 0 Å². The molecule has 1 saturated heterocycles. The quantitative estimate of drug-likeness (QED) is 0.633. The summed E-state index contributed by atoms with van der Waals surface area (Å²) in [6.07, 6.45) is 11.3. The van der Waals surface area contributed by atoms with E-state index in [-0.39, 0.29) is 11.6 Å². The molecule has 4 amide bonds. The van der Waals surface area contributed by atoms with Gasteiger partial charge in [0.1, 0.15) is 5.57 Å². The molecule has 0 atom stereocenters. The van der Waals surface area contributed by atoms with Gasteiger partial charge in [-0.05, 0) is 57.2 Å². The molecule has 6 nitrogen and oxygen atoms in total. The predicted molar refractivity (Wildman–Crippen MR) is 107 cm³/mol. The van der Waals surface area contributed by atoms with E-state index in [4.69, 9.17) is 0 Å². The van der Waals surface area contributed by atoms with Gasteiger partial charge in [-0.25, -0.2) is 4.79 Å². The van der Waals surface area contributed by atoms with Crippen LogP contribution in [0.5, 0.6) is 0 Å². The number of hydrogen-bond donors (Lipinski definition) is 1. The van der Waals surface area contributed by atoms with E-state index in [0.717, 1.165) is 49.1 Å². The molecule has 0 bridgehead atoms. The lowest BCUT2D eigenvalue weighted by atomic mass is 9.93. The highest BCUT2D eigenvalue weighted by molar-refractivity contribution is 6.31. The third-order valence-corrected chi connectivity index (χ3v) is 6.59. The predicted octanol–water partition coefficient (Wildman–Crippen LogP) is 4.01. The Morgan fingerprint density at radius 2 is 1.54 bits per heavy atom. The first-order chi connectivity index (χ1) is 13.5. The fourth-order valence-electron chi connectivity index (χ4n) is 5.17. The summed E-state index contributed by atoms with van der Waals surface area (Å²) in [6, 6.07) is 1.87. The van der Waals surface area contributed by atoms with Gasteiger partial charge in [-0.3, -0.25) is 19.8 Å². The zero-order chi connectivity index (χ0) is 19.8. The number of rotatable bonds is 3. The Morgan fingerprint density at radius 1 is 0.929 bits per heavy atom. The Hall–Kier alpha value is -2.37. The van der Waals surface area contributed by atoms with Crippen molar-refractivity contribution in [2.24, 2.45) is 0 Å². The van der Waals surface area contributed by atoms with Crippen LogP contribution >= 0.6 is 0 Å². The smallest absolute Gasteiger partial charge is 0.331 e. The molecule has 0 radical (unpaired) electrons. The van der Waals surface area contributed by atoms with E-state index in [1.165, 1.54) is 30.6 Å². The Bertz CT molecular complexity index is 839. The van der Waals surface area contributed by atoms with E-state index >= 15 is 0 Å². The zero-order valence-electron chi connectivity index (χ0n) is 16.8. The summed E-state index contributed by atoms with van der Waals surface area (Å²) in [5, 5.41) is 2.38. The number of amides is 4. The number of carbonyl (C=O) groups is 3. The summed E-state index contributed by atoms with van der Waals surface area (Å²) in [5.41, 5.74) is 3.19. The molecule has 150 valence electrons. The van der Waals surface area contributed by atoms with Crippen LogP contribution in [0.3, 0.4) is 0 Å². The van der Waals surface area contributed by atoms with Crippen molar-refractivity contribution >= 4 is 23.9 Å². The van der Waals surface area contributed by atoms with Crippen LogP contribution in [0, 0.1) is 13.8 Å². The molecule has 3 aliphatic rings. The lowest BCUT2D eigenvalue weighted by Crippen LogP contribution is -2.58. The highest BCUT2D eigenvalue weighted by Gasteiger charge is 2.40. The molecule has 0 spiro atoms. The molecule has 0 unspecified atom stereocenters. The number of barbiturate groups is 1. The molecule has 1 aliphatic heterocycles. The van der Waals surface area contributed by atoms with Gasteiger partial charge in [0, 0.05) is 23.5 Å². The Morgan fingerprint density at radius 3 is 2.21 bits per heavy atom. The summed E-state index contributed by atoms with van der Waals surface area (Å²) < 4.78 is 2.34. The topological polar surface area (TPSA) is 71.4 Å². The number of hydrogen-bond acceptors (Lipinski definition) is 3. The van der Waals surface area contributed by atoms with Crippen LogP contribution in [-0.2, 0) is 9.59 Å². The second-order valence-electron chi connectivity index (χ2n) is 8.42. The van der Waals surface area contributed by atoms with Crippen molar-refractivity contribution in [3.8, 4) is 0 Å². The Kier molecular flexibility index (Phi) is 5.13. The van der Waals surface area contributed by atoms with Crippen molar-refractivity contribution in [1.82, 2.24) is 14.8 Å². The van der Waals surface area contributed by atoms with E-state index < -0.39 is 17.8 Å². The highest BCUT2D eigenvalue weighted by Crippen LogP contribution is 2.34. The number of aromatic nitrogens is 1. The maximum absolute atomic E-state index is 13.1. The lowest BCUT2D eigenvalue weighted by Gasteiger charge is -2.35. The van der Waals surface area contributed by atoms with Crippen molar-refractivity contribution in [1.29, 1.82) is 0 Å². The minimum atomic E-state index is -0.590. The largest absolute Gasteiger partial charge is 0.346 e. The number of aryl methyl sites for hydroxylation is 1. The van der Waals surface area contributed by atoms with Crippen molar-refractivity contribution in [3.05, 3.63) is 28.6 Å². The van der Waals surface area contributed by atoms with E-state index in [2.05, 4.69) is 16.8 Å². The maximum Gasteiger partial charge on any atom is 0.331 e. The van der Waals surface area contributed by atoms with Gasteiger partial charge in [-0.1, -0.05) is 32.1 Å². The molecule has 28 heavy (non-hydrogen) atoms. The first-order valence-electron chi connectivity index (χ1n) is 10.6. The lowest BCUT2D eigenvalue weighted by molar-refractivity contribution is -0.132. The number of urea groups is 1. The SMILES string of the molecule is Cc1cc(/C=C2/C(=O)NC(=O)N(C3CCCCC3)C2=O)c(C)n1C1CCCC1. The summed E-state index contributed by atoms with van der Waals surface area (Å²) >= 11 is 0. The van der Waals surface area contributed by atoms with Crippen molar-refractivity contribution < 1.29 is 14.4 Å². The fraction of sp³-hybridized carbons (Fsp3) is 0.591. The molecule has 4 rings (SSSR count). The highest BCUT2D eigenvalue weighted by atomic mass is 16.2. The molecular weight excluding hydrogens is 354 g/mol. The first-order valence-corrected chi connectivity index (χ1v) is 10.6. The minimum Gasteiger partial charge on any atom is -0.346 e. The molecule has 1 aromatic rings. The number of imide groups is 2. The molecule has 2 aliphatic carbocycles. The number of nitrogens with zero attached hydrogens (tertiary/aromatic N) is 2. The van der Waals surface area contributed by atoms with E-state index in [9.17, 15) is 14.4 Å². The van der Waals surface area contributed by atoms with Crippen LogP contribution in [0.15, 0.2) is 11.6 Å². The summed E-state index contributed by atoms with van der Waals surface area (Å²) in [5.74, 6) is -1.04. The van der Waals surface area contributed by atoms with Crippen LogP contribution < -0.4 is 5.32 Å². The summed E-state index contributed by atoms with van der Waals surface area (Å²) in [7, 11) is 0. The molecular formula is C22H29N3O3. The van der Waals surface area contributed by atoms with Gasteiger partial charge in [-0.2, -0.15) is 0 Å². The van der Waals surface area contributed by atoms with Gasteiger partial charge >= 0.3 is 6.03 Å². The number of nitrogens with one attached hydrogen (secondary N) is 1. The Labute approximate surface area is 166 Å².